The van der Waals surface area contributed by atoms with Gasteiger partial charge in [-0.15, -0.1) is 0 Å². The predicted molar refractivity (Wildman–Crippen MR) is 162 cm³/mol. The number of likely N-dealkylation sites (N-methyl/N-ethyl adjacent to an activating group) is 1. The Hall–Kier alpha value is -3.72. The molecule has 9 heteroatoms. The number of nitrogens with zero attached hydrogens (tertiary/aromatic N) is 1. The number of benzene rings is 3. The molecule has 6 rings (SSSR count). The number of nitrogens with one attached hydrogen (secondary N) is 2. The molecule has 0 aromatic heterocycles. The van der Waals surface area contributed by atoms with Crippen molar-refractivity contribution in [2.24, 2.45) is 0 Å². The summed E-state index contributed by atoms with van der Waals surface area (Å²) in [5, 5.41) is 6.13. The van der Waals surface area contributed by atoms with Gasteiger partial charge >= 0.3 is 6.09 Å². The first-order valence-electron chi connectivity index (χ1n) is 14.4. The third kappa shape index (κ3) is 5.79. The summed E-state index contributed by atoms with van der Waals surface area (Å²) in [6.45, 7) is 0. The molecular weight excluding hydrogens is 554 g/mol. The number of piperidine rings is 1. The first kappa shape index (κ1) is 28.4. The van der Waals surface area contributed by atoms with Gasteiger partial charge in [0, 0.05) is 30.4 Å². The lowest BCUT2D eigenvalue weighted by Gasteiger charge is -2.45. The molecule has 0 unspecified atom stereocenters. The van der Waals surface area contributed by atoms with Crippen molar-refractivity contribution in [3.05, 3.63) is 82.9 Å². The highest BCUT2D eigenvalue weighted by Crippen LogP contribution is 2.51. The molecule has 8 nitrogen and oxygen atoms in total. The SMILES string of the molecule is C[N+]1(C)[C@@H]2C[C@@H](OC(=O)Nc3ccc(CCCC(=O)Nc4ccc(C=O)cc4Cl)cc3-c3ccccc3)C[C@H]1[C@@H]1O[C@@H]12. The molecule has 2 N–H and O–H groups in total. The van der Waals surface area contributed by atoms with Crippen molar-refractivity contribution < 1.29 is 28.3 Å². The maximum atomic E-state index is 13.1. The van der Waals surface area contributed by atoms with E-state index in [1.54, 1.807) is 12.1 Å². The van der Waals surface area contributed by atoms with Crippen molar-refractivity contribution in [1.82, 2.24) is 0 Å². The van der Waals surface area contributed by atoms with Crippen LogP contribution in [0.5, 0.6) is 0 Å². The van der Waals surface area contributed by atoms with Gasteiger partial charge in [-0.1, -0.05) is 48.0 Å². The molecule has 0 aliphatic carbocycles. The summed E-state index contributed by atoms with van der Waals surface area (Å²) in [5.74, 6) is -0.151. The van der Waals surface area contributed by atoms with Crippen molar-refractivity contribution in [2.45, 2.75) is 62.5 Å². The van der Waals surface area contributed by atoms with Crippen LogP contribution >= 0.6 is 11.6 Å². The fourth-order valence-corrected chi connectivity index (χ4v) is 6.91. The highest BCUT2D eigenvalue weighted by atomic mass is 35.5. The van der Waals surface area contributed by atoms with E-state index in [-0.39, 0.29) is 12.0 Å². The lowest BCUT2D eigenvalue weighted by Crippen LogP contribution is -2.60. The average Bonchev–Trinajstić information content (AvgIpc) is 3.74. The van der Waals surface area contributed by atoms with E-state index in [2.05, 4.69) is 30.8 Å². The molecule has 0 spiro atoms. The van der Waals surface area contributed by atoms with Gasteiger partial charge in [-0.25, -0.2) is 4.79 Å². The second-order valence-corrected chi connectivity index (χ2v) is 12.4. The highest BCUT2D eigenvalue weighted by molar-refractivity contribution is 6.34. The van der Waals surface area contributed by atoms with Gasteiger partial charge in [-0.3, -0.25) is 14.9 Å². The molecule has 2 amide bonds. The van der Waals surface area contributed by atoms with E-state index in [1.807, 2.05) is 42.5 Å². The summed E-state index contributed by atoms with van der Waals surface area (Å²) in [4.78, 5) is 36.5. The fraction of sp³-hybridized carbons (Fsp3) is 0.364. The van der Waals surface area contributed by atoms with Crippen LogP contribution in [0.4, 0.5) is 16.2 Å². The molecule has 5 atom stereocenters. The summed E-state index contributed by atoms with van der Waals surface area (Å²) in [6, 6.07) is 21.3. The Morgan fingerprint density at radius 2 is 1.69 bits per heavy atom. The number of carbonyl (C=O) groups is 3. The topological polar surface area (TPSA) is 97.0 Å². The molecule has 218 valence electrons. The van der Waals surface area contributed by atoms with Crippen LogP contribution in [0.3, 0.4) is 0 Å². The van der Waals surface area contributed by atoms with Gasteiger partial charge in [-0.05, 0) is 54.3 Å². The second kappa shape index (κ2) is 11.5. The molecule has 3 aliphatic rings. The van der Waals surface area contributed by atoms with Crippen LogP contribution in [-0.4, -0.2) is 67.3 Å². The number of quaternary nitrogens is 1. The van der Waals surface area contributed by atoms with Crippen molar-refractivity contribution in [3.63, 3.8) is 0 Å². The number of fused-ring (bicyclic) bond motifs is 5. The molecule has 3 aliphatic heterocycles. The van der Waals surface area contributed by atoms with Crippen molar-refractivity contribution >= 4 is 41.3 Å². The van der Waals surface area contributed by atoms with Crippen LogP contribution in [0.1, 0.15) is 41.6 Å². The number of halogens is 1. The lowest BCUT2D eigenvalue weighted by atomic mass is 9.96. The Kier molecular flexibility index (Phi) is 7.79. The molecular formula is C33H35ClN3O5+. The van der Waals surface area contributed by atoms with E-state index in [0.29, 0.717) is 71.8 Å². The maximum absolute atomic E-state index is 13.1. The molecule has 3 aromatic rings. The Balaban J connectivity index is 1.08. The van der Waals surface area contributed by atoms with Gasteiger partial charge in [0.1, 0.15) is 36.7 Å². The average molecular weight is 589 g/mol. The number of aryl methyl sites for hydroxylation is 1. The van der Waals surface area contributed by atoms with E-state index in [1.165, 1.54) is 6.07 Å². The number of rotatable bonds is 9. The summed E-state index contributed by atoms with van der Waals surface area (Å²) in [6.07, 6.45) is 4.00. The van der Waals surface area contributed by atoms with Crippen molar-refractivity contribution in [1.29, 1.82) is 0 Å². The summed E-state index contributed by atoms with van der Waals surface area (Å²) in [5.41, 5.74) is 4.54. The minimum atomic E-state index is -0.442. The van der Waals surface area contributed by atoms with Crippen LogP contribution < -0.4 is 10.6 Å². The molecule has 3 aromatic carbocycles. The number of anilines is 2. The third-order valence-corrected chi connectivity index (χ3v) is 9.30. The zero-order chi connectivity index (χ0) is 29.4. The molecule has 3 heterocycles. The first-order valence-corrected chi connectivity index (χ1v) is 14.8. The number of amides is 2. The van der Waals surface area contributed by atoms with E-state index in [9.17, 15) is 14.4 Å². The maximum Gasteiger partial charge on any atom is 0.411 e. The van der Waals surface area contributed by atoms with Gasteiger partial charge in [0.25, 0.3) is 0 Å². The number of aldehydes is 1. The molecule has 0 radical (unpaired) electrons. The minimum Gasteiger partial charge on any atom is -0.445 e. The Morgan fingerprint density at radius 1 is 0.976 bits per heavy atom. The molecule has 2 bridgehead atoms. The van der Waals surface area contributed by atoms with Crippen LogP contribution in [0.2, 0.25) is 5.02 Å². The number of ether oxygens (including phenoxy) is 2. The summed E-state index contributed by atoms with van der Waals surface area (Å²) >= 11 is 6.18. The van der Waals surface area contributed by atoms with Gasteiger partial charge in [0.15, 0.2) is 0 Å². The second-order valence-electron chi connectivity index (χ2n) is 12.0. The fourth-order valence-electron chi connectivity index (χ4n) is 6.68. The van der Waals surface area contributed by atoms with Gasteiger partial charge in [0.2, 0.25) is 5.91 Å². The number of hydrogen-bond acceptors (Lipinski definition) is 5. The van der Waals surface area contributed by atoms with Gasteiger partial charge in [0.05, 0.1) is 30.5 Å². The summed E-state index contributed by atoms with van der Waals surface area (Å²) in [7, 11) is 4.51. The van der Waals surface area contributed by atoms with E-state index >= 15 is 0 Å². The number of hydrogen-bond donors (Lipinski definition) is 2. The highest BCUT2D eigenvalue weighted by Gasteiger charge is 2.70. The smallest absolute Gasteiger partial charge is 0.411 e. The number of morpholine rings is 1. The summed E-state index contributed by atoms with van der Waals surface area (Å²) < 4.78 is 12.7. The Bertz CT molecular complexity index is 1490. The van der Waals surface area contributed by atoms with E-state index in [0.717, 1.165) is 34.0 Å². The van der Waals surface area contributed by atoms with Crippen LogP contribution in [0.15, 0.2) is 66.7 Å². The van der Waals surface area contributed by atoms with Crippen LogP contribution in [0, 0.1) is 0 Å². The van der Waals surface area contributed by atoms with Crippen molar-refractivity contribution in [2.75, 3.05) is 24.7 Å². The number of epoxide rings is 1. The predicted octanol–water partition coefficient (Wildman–Crippen LogP) is 6.09. The standard InChI is InChI=1S/C33H34ClN3O5/c1-37(2)28-17-23(18-29(37)32-31(28)42-32)41-33(40)36-26-13-11-20(15-24(26)22-8-4-3-5-9-22)7-6-10-30(39)35-27-14-12-21(19-38)16-25(27)34/h3-5,8-9,11-16,19,23,28-29,31-32H,6-7,10,17-18H2,1-2H3,(H-,35,36,38,39,40)/p+1/t23-,28-,29+,31-,32+. The number of carbonyl (C=O) groups excluding carboxylic acids is 3. The van der Waals surface area contributed by atoms with E-state index in [4.69, 9.17) is 21.1 Å². The van der Waals surface area contributed by atoms with Crippen molar-refractivity contribution in [3.8, 4) is 11.1 Å². The third-order valence-electron chi connectivity index (χ3n) is 8.99. The molecule has 3 saturated heterocycles. The van der Waals surface area contributed by atoms with Crippen LogP contribution in [-0.2, 0) is 20.7 Å². The van der Waals surface area contributed by atoms with Gasteiger partial charge in [-0.2, -0.15) is 0 Å². The zero-order valence-electron chi connectivity index (χ0n) is 23.7. The largest absolute Gasteiger partial charge is 0.445 e. The monoisotopic (exact) mass is 588 g/mol. The lowest BCUT2D eigenvalue weighted by molar-refractivity contribution is -0.938. The Morgan fingerprint density at radius 3 is 2.38 bits per heavy atom. The molecule has 0 saturated carbocycles. The molecule has 42 heavy (non-hydrogen) atoms. The van der Waals surface area contributed by atoms with Gasteiger partial charge < -0.3 is 19.3 Å². The molecule has 3 fully saturated rings. The minimum absolute atomic E-state index is 0.119. The quantitative estimate of drug-likeness (QED) is 0.179. The van der Waals surface area contributed by atoms with Crippen LogP contribution in [0.25, 0.3) is 11.1 Å². The Labute approximate surface area is 250 Å². The zero-order valence-corrected chi connectivity index (χ0v) is 24.5. The van der Waals surface area contributed by atoms with E-state index < -0.39 is 6.09 Å². The normalized spacial score (nSPS) is 24.8. The first-order chi connectivity index (χ1) is 20.2.